The van der Waals surface area contributed by atoms with Gasteiger partial charge in [0.25, 0.3) is 0 Å². The molecule has 19 heavy (non-hydrogen) atoms. The highest BCUT2D eigenvalue weighted by atomic mass is 32.9. The highest BCUT2D eigenvalue weighted by Gasteiger charge is 2.47. The molecule has 116 valence electrons. The van der Waals surface area contributed by atoms with Crippen LogP contribution in [-0.2, 0) is 0 Å². The van der Waals surface area contributed by atoms with Crippen LogP contribution in [0.2, 0.25) is 39.3 Å². The van der Waals surface area contributed by atoms with Crippen LogP contribution < -0.4 is 0 Å². The zero-order valence-electron chi connectivity index (χ0n) is 15.3. The molecule has 0 amide bonds. The zero-order chi connectivity index (χ0) is 15.9. The molecule has 0 unspecified atom stereocenters. The molecular formula is C14H36NPSSi2. The lowest BCUT2D eigenvalue weighted by Gasteiger charge is -2.50. The summed E-state index contributed by atoms with van der Waals surface area (Å²) in [5, 5.41) is 0.576. The average molecular weight is 338 g/mol. The second-order valence-corrected chi connectivity index (χ2v) is 30.2. The van der Waals surface area contributed by atoms with Gasteiger partial charge in [-0.15, -0.1) is 10.8 Å². The second-order valence-electron chi connectivity index (χ2n) is 9.39. The van der Waals surface area contributed by atoms with Crippen LogP contribution >= 0.6 is 17.1 Å². The van der Waals surface area contributed by atoms with Crippen molar-refractivity contribution in [3.8, 4) is 0 Å². The van der Waals surface area contributed by atoms with Crippen molar-refractivity contribution in [1.82, 2.24) is 0 Å². The van der Waals surface area contributed by atoms with Crippen molar-refractivity contribution >= 4 is 32.5 Å². The highest BCUT2D eigenvalue weighted by Crippen LogP contribution is 2.79. The van der Waals surface area contributed by atoms with E-state index in [4.69, 9.17) is 4.41 Å². The summed E-state index contributed by atoms with van der Waals surface area (Å²) in [4.78, 5) is 0. The molecule has 0 bridgehead atoms. The van der Waals surface area contributed by atoms with Gasteiger partial charge in [-0.25, -0.2) is 0 Å². The molecule has 0 aromatic heterocycles. The lowest BCUT2D eigenvalue weighted by molar-refractivity contribution is 0.710. The molecule has 0 radical (unpaired) electrons. The quantitative estimate of drug-likeness (QED) is 0.395. The third kappa shape index (κ3) is 5.72. The summed E-state index contributed by atoms with van der Waals surface area (Å²) in [6.45, 7) is 29.1. The van der Waals surface area contributed by atoms with Crippen LogP contribution in [0.25, 0.3) is 0 Å². The van der Waals surface area contributed by atoms with Gasteiger partial charge >= 0.3 is 0 Å². The van der Waals surface area contributed by atoms with Crippen molar-refractivity contribution in [3.05, 3.63) is 0 Å². The van der Waals surface area contributed by atoms with E-state index in [1.807, 2.05) is 0 Å². The van der Waals surface area contributed by atoms with Gasteiger partial charge in [0.2, 0.25) is 0 Å². The average Bonchev–Trinajstić information content (AvgIpc) is 1.91. The molecule has 0 aliphatic rings. The first-order chi connectivity index (χ1) is 7.91. The van der Waals surface area contributed by atoms with Gasteiger partial charge in [-0.3, -0.25) is 0 Å². The number of hydrogen-bond donors (Lipinski definition) is 0. The fraction of sp³-hybridized carbons (Fsp3) is 1.00. The van der Waals surface area contributed by atoms with Gasteiger partial charge in [0.1, 0.15) is 7.22 Å². The first-order valence-corrected chi connectivity index (χ1v) is 18.1. The SMILES string of the molecule is CC(C)(C)P(=N[Si](C)(C)C)(S[Si](C)(C)C)C(C)(C)C. The van der Waals surface area contributed by atoms with E-state index >= 15 is 0 Å². The van der Waals surface area contributed by atoms with Crippen LogP contribution in [0.4, 0.5) is 0 Å². The fourth-order valence-corrected chi connectivity index (χ4v) is 31.5. The van der Waals surface area contributed by atoms with Crippen molar-refractivity contribution in [2.45, 2.75) is 91.1 Å². The van der Waals surface area contributed by atoms with Gasteiger partial charge in [0.15, 0.2) is 8.24 Å². The minimum absolute atomic E-state index is 0.288. The van der Waals surface area contributed by atoms with Gasteiger partial charge in [-0.05, 0) is 0 Å². The van der Waals surface area contributed by atoms with E-state index in [1.165, 1.54) is 0 Å². The Bertz CT molecular complexity index is 347. The summed E-state index contributed by atoms with van der Waals surface area (Å²) in [5.74, 6) is 0. The van der Waals surface area contributed by atoms with Crippen molar-refractivity contribution in [1.29, 1.82) is 0 Å². The molecule has 0 saturated carbocycles. The first-order valence-electron chi connectivity index (χ1n) is 7.26. The lowest BCUT2D eigenvalue weighted by Crippen LogP contribution is -2.33. The van der Waals surface area contributed by atoms with Crippen LogP contribution in [-0.4, -0.2) is 25.8 Å². The smallest absolute Gasteiger partial charge is 0.171 e. The molecular weight excluding hydrogens is 301 g/mol. The first kappa shape index (κ1) is 20.0. The Balaban J connectivity index is 6.33. The van der Waals surface area contributed by atoms with Crippen LogP contribution in [0.15, 0.2) is 4.41 Å². The van der Waals surface area contributed by atoms with E-state index in [9.17, 15) is 0 Å². The van der Waals surface area contributed by atoms with Gasteiger partial charge in [0.05, 0.1) is 0 Å². The molecule has 0 heterocycles. The summed E-state index contributed by atoms with van der Waals surface area (Å²) in [6.07, 6.45) is -1.44. The van der Waals surface area contributed by atoms with Crippen LogP contribution in [0.3, 0.4) is 0 Å². The highest BCUT2D eigenvalue weighted by molar-refractivity contribution is 8.73. The summed E-state index contributed by atoms with van der Waals surface area (Å²) < 4.78 is 5.62. The van der Waals surface area contributed by atoms with Gasteiger partial charge in [-0.2, -0.15) is 0 Å². The summed E-state index contributed by atoms with van der Waals surface area (Å²) in [7, 11) is -0.346. The van der Waals surface area contributed by atoms with Gasteiger partial charge in [0, 0.05) is 16.6 Å². The van der Waals surface area contributed by atoms with E-state index in [-0.39, 0.29) is 10.3 Å². The van der Waals surface area contributed by atoms with Gasteiger partial charge in [-0.1, -0.05) is 80.8 Å². The molecule has 0 N–H and O–H groups in total. The molecule has 0 atom stereocenters. The third-order valence-corrected chi connectivity index (χ3v) is 24.4. The molecule has 0 rings (SSSR count). The molecule has 0 saturated heterocycles. The van der Waals surface area contributed by atoms with E-state index in [0.29, 0.717) is 0 Å². The van der Waals surface area contributed by atoms with Crippen molar-refractivity contribution in [2.24, 2.45) is 4.41 Å². The number of hydrogen-bond acceptors (Lipinski definition) is 2. The second kappa shape index (κ2) is 5.66. The van der Waals surface area contributed by atoms with Crippen LogP contribution in [0.1, 0.15) is 41.5 Å². The maximum Gasteiger partial charge on any atom is 0.171 e. The zero-order valence-corrected chi connectivity index (χ0v) is 19.0. The van der Waals surface area contributed by atoms with Crippen LogP contribution in [0.5, 0.6) is 0 Å². The molecule has 0 aromatic carbocycles. The minimum Gasteiger partial charge on any atom is -0.328 e. The fourth-order valence-electron chi connectivity index (χ4n) is 2.42. The minimum atomic E-state index is -1.44. The maximum absolute atomic E-state index is 5.62. The van der Waals surface area contributed by atoms with E-state index in [1.54, 1.807) is 0 Å². The Morgan fingerprint density at radius 3 is 1.21 bits per heavy atom. The molecule has 0 spiro atoms. The third-order valence-electron chi connectivity index (χ3n) is 2.67. The Kier molecular flexibility index (Phi) is 5.96. The predicted molar refractivity (Wildman–Crippen MR) is 103 cm³/mol. The lowest BCUT2D eigenvalue weighted by atomic mass is 10.2. The Labute approximate surface area is 128 Å². The standard InChI is InChI=1S/C14H36NPSSi2/c1-13(2,3)16(14(4,5)6,15-18(7,8)9)17-19(10,11)12/h1-12H3. The number of nitrogens with zero attached hydrogens (tertiary/aromatic N) is 1. The summed E-state index contributed by atoms with van der Waals surface area (Å²) in [5.41, 5.74) is 0. The van der Waals surface area contributed by atoms with Crippen molar-refractivity contribution < 1.29 is 0 Å². The van der Waals surface area contributed by atoms with E-state index in [0.717, 1.165) is 0 Å². The largest absolute Gasteiger partial charge is 0.328 e. The summed E-state index contributed by atoms with van der Waals surface area (Å²) in [6, 6.07) is 0. The molecule has 0 aromatic rings. The Morgan fingerprint density at radius 2 is 1.05 bits per heavy atom. The van der Waals surface area contributed by atoms with Crippen LogP contribution in [0, 0.1) is 0 Å². The molecule has 5 heteroatoms. The Hall–Kier alpha value is 1.01. The predicted octanol–water partition coefficient (Wildman–Crippen LogP) is 7.10. The number of rotatable bonds is 3. The normalized spacial score (nSPS) is 15.6. The van der Waals surface area contributed by atoms with Gasteiger partial charge < -0.3 is 4.41 Å². The topological polar surface area (TPSA) is 12.4 Å². The van der Waals surface area contributed by atoms with E-state index in [2.05, 4.69) is 91.7 Å². The van der Waals surface area contributed by atoms with E-state index < -0.39 is 21.7 Å². The molecule has 0 fully saturated rings. The Morgan fingerprint density at radius 1 is 0.737 bits per heavy atom. The monoisotopic (exact) mass is 337 g/mol. The van der Waals surface area contributed by atoms with Crippen molar-refractivity contribution in [2.75, 3.05) is 0 Å². The molecule has 0 aliphatic heterocycles. The molecule has 0 aliphatic carbocycles. The van der Waals surface area contributed by atoms with Crippen molar-refractivity contribution in [3.63, 3.8) is 0 Å². The summed E-state index contributed by atoms with van der Waals surface area (Å²) >= 11 is 0. The maximum atomic E-state index is 5.62. The molecule has 1 nitrogen and oxygen atoms in total.